The lowest BCUT2D eigenvalue weighted by Crippen LogP contribution is -2.44. The first-order valence-corrected chi connectivity index (χ1v) is 12.4. The van der Waals surface area contributed by atoms with Gasteiger partial charge >= 0.3 is 0 Å². The van der Waals surface area contributed by atoms with Crippen LogP contribution in [0, 0.1) is 5.82 Å². The summed E-state index contributed by atoms with van der Waals surface area (Å²) in [6, 6.07) is 10.8. The molecular formula is C25H28Cl2FN7. The molecule has 2 aromatic carbocycles. The minimum Gasteiger partial charge on any atom is -0.340 e. The molecule has 1 aliphatic heterocycles. The molecule has 0 saturated carbocycles. The first-order valence-electron chi connectivity index (χ1n) is 11.7. The topological polar surface area (TPSA) is 54.2 Å². The summed E-state index contributed by atoms with van der Waals surface area (Å²) in [5.74, 6) is 0.439. The number of rotatable bonds is 7. The second-order valence-electron chi connectivity index (χ2n) is 9.05. The molecule has 0 spiro atoms. The van der Waals surface area contributed by atoms with Crippen LogP contribution in [0.1, 0.15) is 5.56 Å². The third kappa shape index (κ3) is 5.02. The summed E-state index contributed by atoms with van der Waals surface area (Å²) < 4.78 is 18.0. The number of nitrogens with one attached hydrogen (secondary N) is 1. The second-order valence-corrected chi connectivity index (χ2v) is 9.89. The maximum Gasteiger partial charge on any atom is 0.206 e. The number of nitrogens with zero attached hydrogens (tertiary/aromatic N) is 6. The summed E-state index contributed by atoms with van der Waals surface area (Å²) in [5, 5.41) is 8.68. The minimum atomic E-state index is -0.426. The van der Waals surface area contributed by atoms with E-state index in [1.165, 1.54) is 6.07 Å². The normalized spacial score (nSPS) is 14.4. The van der Waals surface area contributed by atoms with Gasteiger partial charge in [-0.05, 0) is 50.0 Å². The molecule has 1 aliphatic rings. The molecule has 1 fully saturated rings. The van der Waals surface area contributed by atoms with E-state index in [1.54, 1.807) is 12.1 Å². The van der Waals surface area contributed by atoms with Gasteiger partial charge in [0.15, 0.2) is 0 Å². The fourth-order valence-electron chi connectivity index (χ4n) is 4.49. The number of halogens is 3. The summed E-state index contributed by atoms with van der Waals surface area (Å²) in [7, 11) is 4.09. The van der Waals surface area contributed by atoms with E-state index in [0.717, 1.165) is 73.1 Å². The van der Waals surface area contributed by atoms with E-state index in [2.05, 4.69) is 24.8 Å². The molecule has 3 heterocycles. The molecule has 0 radical (unpaired) electrons. The lowest BCUT2D eigenvalue weighted by molar-refractivity contribution is 0.374. The van der Waals surface area contributed by atoms with Crippen molar-refractivity contribution in [2.45, 2.75) is 13.1 Å². The predicted octanol–water partition coefficient (Wildman–Crippen LogP) is 4.37. The Labute approximate surface area is 214 Å². The van der Waals surface area contributed by atoms with Crippen LogP contribution >= 0.6 is 23.2 Å². The Balaban J connectivity index is 1.66. The zero-order valence-electron chi connectivity index (χ0n) is 19.8. The van der Waals surface area contributed by atoms with Crippen LogP contribution in [-0.2, 0) is 13.1 Å². The Morgan fingerprint density at radius 1 is 1.09 bits per heavy atom. The highest BCUT2D eigenvalue weighted by atomic mass is 35.5. The summed E-state index contributed by atoms with van der Waals surface area (Å²) in [6.07, 6.45) is 1.81. The number of fused-ring (bicyclic) bond motifs is 1. The lowest BCUT2D eigenvalue weighted by atomic mass is 10.1. The lowest BCUT2D eigenvalue weighted by Gasteiger charge is -2.29. The van der Waals surface area contributed by atoms with Crippen molar-refractivity contribution in [2.75, 3.05) is 51.7 Å². The highest BCUT2D eigenvalue weighted by Gasteiger charge is 2.23. The Bertz CT molecular complexity index is 1340. The third-order valence-corrected chi connectivity index (χ3v) is 6.78. The third-order valence-electron chi connectivity index (χ3n) is 6.27. The Morgan fingerprint density at radius 3 is 2.63 bits per heavy atom. The Kier molecular flexibility index (Phi) is 6.98. The molecule has 1 N–H and O–H groups in total. The van der Waals surface area contributed by atoms with E-state index in [-0.39, 0.29) is 5.02 Å². The molecule has 184 valence electrons. The molecular weight excluding hydrogens is 488 g/mol. The van der Waals surface area contributed by atoms with Crippen molar-refractivity contribution in [3.05, 3.63) is 64.0 Å². The van der Waals surface area contributed by atoms with E-state index in [4.69, 9.17) is 28.2 Å². The zero-order valence-corrected chi connectivity index (χ0v) is 21.3. The van der Waals surface area contributed by atoms with E-state index in [9.17, 15) is 4.39 Å². The molecule has 1 saturated heterocycles. The van der Waals surface area contributed by atoms with E-state index in [1.807, 2.05) is 43.2 Å². The number of likely N-dealkylation sites (N-methyl/N-ethyl adjacent to an activating group) is 1. The SMILES string of the molecule is CN(C)CCn1nccc1-c1cc(Cl)cc2c1nc(N1CCNCC1)n2Cc1ccc(F)c(Cl)c1. The average molecular weight is 516 g/mol. The van der Waals surface area contributed by atoms with Crippen molar-refractivity contribution in [3.63, 3.8) is 0 Å². The molecule has 10 heteroatoms. The van der Waals surface area contributed by atoms with Crippen molar-refractivity contribution >= 4 is 40.2 Å². The highest BCUT2D eigenvalue weighted by Crippen LogP contribution is 2.35. The first-order chi connectivity index (χ1) is 16.9. The predicted molar refractivity (Wildman–Crippen MR) is 140 cm³/mol. The summed E-state index contributed by atoms with van der Waals surface area (Å²) in [6.45, 7) is 5.57. The largest absolute Gasteiger partial charge is 0.340 e. The quantitative estimate of drug-likeness (QED) is 0.396. The smallest absolute Gasteiger partial charge is 0.206 e. The summed E-state index contributed by atoms with van der Waals surface area (Å²) >= 11 is 12.8. The van der Waals surface area contributed by atoms with Crippen molar-refractivity contribution in [3.8, 4) is 11.3 Å². The molecule has 35 heavy (non-hydrogen) atoms. The number of aromatic nitrogens is 4. The van der Waals surface area contributed by atoms with Gasteiger partial charge in [0.25, 0.3) is 0 Å². The van der Waals surface area contributed by atoms with Gasteiger partial charge < -0.3 is 19.7 Å². The van der Waals surface area contributed by atoms with E-state index < -0.39 is 5.82 Å². The van der Waals surface area contributed by atoms with Gasteiger partial charge in [-0.15, -0.1) is 0 Å². The van der Waals surface area contributed by atoms with Gasteiger partial charge in [-0.3, -0.25) is 4.68 Å². The van der Waals surface area contributed by atoms with Gasteiger partial charge in [0, 0.05) is 49.5 Å². The standard InChI is InChI=1S/C25H28Cl2FN7/c1-32(2)11-12-35-22(5-6-30-35)19-14-18(26)15-23-24(19)31-25(33-9-7-29-8-10-33)34(23)16-17-3-4-21(28)20(27)13-17/h3-6,13-15,29H,7-12,16H2,1-2H3. The molecule has 2 aromatic heterocycles. The fourth-order valence-corrected chi connectivity index (χ4v) is 4.90. The number of benzene rings is 2. The molecule has 0 amide bonds. The van der Waals surface area contributed by atoms with Gasteiger partial charge in [-0.1, -0.05) is 29.3 Å². The number of piperazine rings is 1. The Morgan fingerprint density at radius 2 is 1.89 bits per heavy atom. The molecule has 4 aromatic rings. The monoisotopic (exact) mass is 515 g/mol. The number of anilines is 1. The van der Waals surface area contributed by atoms with E-state index >= 15 is 0 Å². The van der Waals surface area contributed by atoms with Crippen LogP contribution in [0.25, 0.3) is 22.3 Å². The van der Waals surface area contributed by atoms with Gasteiger partial charge in [0.05, 0.1) is 29.3 Å². The van der Waals surface area contributed by atoms with Crippen LogP contribution in [0.3, 0.4) is 0 Å². The van der Waals surface area contributed by atoms with Gasteiger partial charge in [0.1, 0.15) is 11.3 Å². The average Bonchev–Trinajstić information content (AvgIpc) is 3.45. The van der Waals surface area contributed by atoms with Gasteiger partial charge in [-0.25, -0.2) is 9.37 Å². The highest BCUT2D eigenvalue weighted by molar-refractivity contribution is 6.32. The molecule has 0 unspecified atom stereocenters. The van der Waals surface area contributed by atoms with Crippen LogP contribution in [0.5, 0.6) is 0 Å². The second kappa shape index (κ2) is 10.1. The van der Waals surface area contributed by atoms with Crippen molar-refractivity contribution in [1.29, 1.82) is 0 Å². The Hall–Kier alpha value is -2.65. The molecule has 0 aliphatic carbocycles. The molecule has 0 bridgehead atoms. The molecule has 0 atom stereocenters. The van der Waals surface area contributed by atoms with E-state index in [0.29, 0.717) is 11.6 Å². The van der Waals surface area contributed by atoms with Crippen LogP contribution in [0.15, 0.2) is 42.6 Å². The van der Waals surface area contributed by atoms with Gasteiger partial charge in [0.2, 0.25) is 5.95 Å². The van der Waals surface area contributed by atoms with Crippen LogP contribution < -0.4 is 10.2 Å². The van der Waals surface area contributed by atoms with Crippen LogP contribution in [0.4, 0.5) is 10.3 Å². The minimum absolute atomic E-state index is 0.110. The van der Waals surface area contributed by atoms with Crippen LogP contribution in [-0.4, -0.2) is 71.1 Å². The number of hydrogen-bond acceptors (Lipinski definition) is 5. The molecule has 5 rings (SSSR count). The maximum atomic E-state index is 13.8. The van der Waals surface area contributed by atoms with Crippen molar-refractivity contribution in [2.24, 2.45) is 0 Å². The van der Waals surface area contributed by atoms with Gasteiger partial charge in [-0.2, -0.15) is 5.10 Å². The zero-order chi connectivity index (χ0) is 24.5. The van der Waals surface area contributed by atoms with Crippen molar-refractivity contribution < 1.29 is 4.39 Å². The fraction of sp³-hybridized carbons (Fsp3) is 0.360. The summed E-state index contributed by atoms with van der Waals surface area (Å²) in [5.41, 5.74) is 4.59. The van der Waals surface area contributed by atoms with Crippen LogP contribution in [0.2, 0.25) is 10.0 Å². The number of hydrogen-bond donors (Lipinski definition) is 1. The number of imidazole rings is 1. The first kappa shape index (κ1) is 24.1. The molecule has 7 nitrogen and oxygen atoms in total. The maximum absolute atomic E-state index is 13.8. The van der Waals surface area contributed by atoms with Crippen molar-refractivity contribution in [1.82, 2.24) is 29.5 Å². The summed E-state index contributed by atoms with van der Waals surface area (Å²) in [4.78, 5) is 9.56.